The minimum absolute atomic E-state index is 0.282. The van der Waals surface area contributed by atoms with Crippen LogP contribution in [0.5, 0.6) is 0 Å². The molecule has 1 aromatic rings. The van der Waals surface area contributed by atoms with Crippen LogP contribution in [0.25, 0.3) is 0 Å². The van der Waals surface area contributed by atoms with E-state index in [1.165, 1.54) is 16.8 Å². The largest absolute Gasteiger partial charge is 0.374 e. The number of likely N-dealkylation sites (N-methyl/N-ethyl adjacent to an activating group) is 1. The molecular formula is C13H17NO. The molecule has 0 aliphatic carbocycles. The summed E-state index contributed by atoms with van der Waals surface area (Å²) in [5.41, 5.74) is 3.97. The van der Waals surface area contributed by atoms with E-state index in [1.54, 1.807) is 6.92 Å². The third-order valence-corrected chi connectivity index (χ3v) is 3.15. The van der Waals surface area contributed by atoms with Crippen LogP contribution in [0.4, 0.5) is 5.69 Å². The Morgan fingerprint density at radius 1 is 1.53 bits per heavy atom. The summed E-state index contributed by atoms with van der Waals surface area (Å²) < 4.78 is 0. The number of Topliss-reactive ketones (excluding diaryl/α,β-unsaturated/α-hetero) is 1. The lowest BCUT2D eigenvalue weighted by molar-refractivity contribution is -0.117. The molecule has 1 aliphatic heterocycles. The van der Waals surface area contributed by atoms with Crippen LogP contribution in [0.3, 0.4) is 0 Å². The summed E-state index contributed by atoms with van der Waals surface area (Å²) in [6, 6.07) is 6.36. The maximum Gasteiger partial charge on any atom is 0.130 e. The Hall–Kier alpha value is -1.31. The molecule has 1 aliphatic rings. The molecule has 2 nitrogen and oxygen atoms in total. The average molecular weight is 203 g/mol. The zero-order valence-electron chi connectivity index (χ0n) is 9.58. The van der Waals surface area contributed by atoms with Crippen molar-refractivity contribution in [2.24, 2.45) is 0 Å². The van der Waals surface area contributed by atoms with Gasteiger partial charge in [-0.3, -0.25) is 0 Å². The number of anilines is 1. The average Bonchev–Trinajstić information content (AvgIpc) is 2.44. The van der Waals surface area contributed by atoms with Crippen molar-refractivity contribution in [1.82, 2.24) is 0 Å². The number of fused-ring (bicyclic) bond motifs is 1. The van der Waals surface area contributed by atoms with Crippen LogP contribution in [-0.4, -0.2) is 19.4 Å². The van der Waals surface area contributed by atoms with E-state index in [1.807, 2.05) is 0 Å². The molecule has 0 saturated carbocycles. The van der Waals surface area contributed by atoms with Crippen LogP contribution < -0.4 is 4.90 Å². The van der Waals surface area contributed by atoms with Crippen molar-refractivity contribution in [1.29, 1.82) is 0 Å². The molecule has 15 heavy (non-hydrogen) atoms. The van der Waals surface area contributed by atoms with Crippen LogP contribution in [0.2, 0.25) is 0 Å². The fourth-order valence-corrected chi connectivity index (χ4v) is 2.56. The molecule has 1 heterocycles. The highest BCUT2D eigenvalue weighted by Gasteiger charge is 2.28. The first kappa shape index (κ1) is 10.2. The molecule has 2 heteroatoms. The van der Waals surface area contributed by atoms with Gasteiger partial charge in [0.1, 0.15) is 5.78 Å². The van der Waals surface area contributed by atoms with Gasteiger partial charge in [-0.1, -0.05) is 12.1 Å². The molecule has 1 aromatic carbocycles. The Kier molecular flexibility index (Phi) is 2.51. The van der Waals surface area contributed by atoms with Gasteiger partial charge in [-0.15, -0.1) is 0 Å². The summed E-state index contributed by atoms with van der Waals surface area (Å²) in [6.45, 7) is 4.78. The molecule has 0 saturated heterocycles. The number of hydrogen-bond donors (Lipinski definition) is 0. The Labute approximate surface area is 90.9 Å². The van der Waals surface area contributed by atoms with Gasteiger partial charge in [0.25, 0.3) is 0 Å². The van der Waals surface area contributed by atoms with E-state index >= 15 is 0 Å². The molecule has 1 atom stereocenters. The lowest BCUT2D eigenvalue weighted by atomic mass is 9.93. The topological polar surface area (TPSA) is 20.3 Å². The van der Waals surface area contributed by atoms with Crippen molar-refractivity contribution in [3.05, 3.63) is 29.3 Å². The third kappa shape index (κ3) is 1.76. The van der Waals surface area contributed by atoms with E-state index in [-0.39, 0.29) is 5.78 Å². The number of aryl methyl sites for hydroxylation is 1. The Morgan fingerprint density at radius 3 is 2.93 bits per heavy atom. The smallest absolute Gasteiger partial charge is 0.130 e. The van der Waals surface area contributed by atoms with Gasteiger partial charge >= 0.3 is 0 Å². The maximum absolute atomic E-state index is 11.2. The number of ketones is 1. The SMILES string of the molecule is CC(=O)CC1CN(C)c2cccc(C)c21. The molecule has 0 N–H and O–H groups in total. The normalized spacial score (nSPS) is 19.1. The van der Waals surface area contributed by atoms with Crippen molar-refractivity contribution < 1.29 is 4.79 Å². The molecule has 0 fully saturated rings. The third-order valence-electron chi connectivity index (χ3n) is 3.15. The van der Waals surface area contributed by atoms with Gasteiger partial charge in [-0.25, -0.2) is 0 Å². The van der Waals surface area contributed by atoms with E-state index in [9.17, 15) is 4.79 Å². The Morgan fingerprint density at radius 2 is 2.27 bits per heavy atom. The van der Waals surface area contributed by atoms with E-state index in [0.717, 1.165) is 6.54 Å². The number of carbonyl (C=O) groups excluding carboxylic acids is 1. The highest BCUT2D eigenvalue weighted by molar-refractivity contribution is 5.78. The summed E-state index contributed by atoms with van der Waals surface area (Å²) in [4.78, 5) is 13.5. The van der Waals surface area contributed by atoms with Crippen molar-refractivity contribution in [3.8, 4) is 0 Å². The van der Waals surface area contributed by atoms with Crippen LogP contribution in [0.1, 0.15) is 30.4 Å². The number of nitrogens with zero attached hydrogens (tertiary/aromatic N) is 1. The zero-order chi connectivity index (χ0) is 11.0. The first-order valence-electron chi connectivity index (χ1n) is 5.39. The Balaban J connectivity index is 2.39. The van der Waals surface area contributed by atoms with Crippen LogP contribution in [0.15, 0.2) is 18.2 Å². The van der Waals surface area contributed by atoms with Gasteiger partial charge in [-0.05, 0) is 31.0 Å². The van der Waals surface area contributed by atoms with Crippen LogP contribution in [-0.2, 0) is 4.79 Å². The highest BCUT2D eigenvalue weighted by atomic mass is 16.1. The molecule has 2 rings (SSSR count). The first-order valence-corrected chi connectivity index (χ1v) is 5.39. The maximum atomic E-state index is 11.2. The number of hydrogen-bond acceptors (Lipinski definition) is 2. The summed E-state index contributed by atoms with van der Waals surface area (Å²) in [7, 11) is 2.10. The minimum atomic E-state index is 0.282. The molecule has 0 radical (unpaired) electrons. The van der Waals surface area contributed by atoms with Crippen molar-refractivity contribution in [2.75, 3.05) is 18.5 Å². The zero-order valence-corrected chi connectivity index (χ0v) is 9.58. The monoisotopic (exact) mass is 203 g/mol. The Bertz CT molecular complexity index is 398. The number of carbonyl (C=O) groups is 1. The number of rotatable bonds is 2. The summed E-state index contributed by atoms with van der Waals surface area (Å²) in [5, 5.41) is 0. The molecular weight excluding hydrogens is 186 g/mol. The second-order valence-corrected chi connectivity index (χ2v) is 4.49. The van der Waals surface area contributed by atoms with E-state index in [0.29, 0.717) is 12.3 Å². The van der Waals surface area contributed by atoms with Gasteiger partial charge in [0, 0.05) is 31.6 Å². The van der Waals surface area contributed by atoms with Crippen molar-refractivity contribution in [2.45, 2.75) is 26.2 Å². The van der Waals surface area contributed by atoms with Crippen LogP contribution >= 0.6 is 0 Å². The summed E-state index contributed by atoms with van der Waals surface area (Å²) >= 11 is 0. The molecule has 80 valence electrons. The molecule has 0 amide bonds. The predicted octanol–water partition coefficient (Wildman–Crippen LogP) is 2.51. The fourth-order valence-electron chi connectivity index (χ4n) is 2.56. The van der Waals surface area contributed by atoms with E-state index in [4.69, 9.17) is 0 Å². The van der Waals surface area contributed by atoms with Crippen molar-refractivity contribution in [3.63, 3.8) is 0 Å². The quantitative estimate of drug-likeness (QED) is 0.736. The van der Waals surface area contributed by atoms with Crippen LogP contribution in [0, 0.1) is 6.92 Å². The van der Waals surface area contributed by atoms with Gasteiger partial charge in [0.2, 0.25) is 0 Å². The van der Waals surface area contributed by atoms with E-state index in [2.05, 4.69) is 37.1 Å². The molecule has 0 aromatic heterocycles. The number of benzene rings is 1. The van der Waals surface area contributed by atoms with E-state index < -0.39 is 0 Å². The molecule has 0 spiro atoms. The van der Waals surface area contributed by atoms with Gasteiger partial charge < -0.3 is 9.69 Å². The predicted molar refractivity (Wildman–Crippen MR) is 62.5 cm³/mol. The van der Waals surface area contributed by atoms with Gasteiger partial charge in [-0.2, -0.15) is 0 Å². The second kappa shape index (κ2) is 3.69. The summed E-state index contributed by atoms with van der Waals surface area (Å²) in [5.74, 6) is 0.674. The molecule has 0 bridgehead atoms. The molecule has 1 unspecified atom stereocenters. The fraction of sp³-hybridized carbons (Fsp3) is 0.462. The highest BCUT2D eigenvalue weighted by Crippen LogP contribution is 2.39. The lowest BCUT2D eigenvalue weighted by Gasteiger charge is -2.11. The standard InChI is InChI=1S/C13H17NO/c1-9-5-4-6-12-13(9)11(7-10(2)15)8-14(12)3/h4-6,11H,7-8H2,1-3H3. The van der Waals surface area contributed by atoms with Gasteiger partial charge in [0.05, 0.1) is 0 Å². The summed E-state index contributed by atoms with van der Waals surface area (Å²) in [6.07, 6.45) is 0.669. The van der Waals surface area contributed by atoms with Crippen molar-refractivity contribution >= 4 is 11.5 Å². The first-order chi connectivity index (χ1) is 7.09. The van der Waals surface area contributed by atoms with Gasteiger partial charge in [0.15, 0.2) is 0 Å². The second-order valence-electron chi connectivity index (χ2n) is 4.49. The minimum Gasteiger partial charge on any atom is -0.374 e. The lowest BCUT2D eigenvalue weighted by Crippen LogP contribution is -2.16.